The molecule has 0 N–H and O–H groups in total. The number of Topliss-reactive ketones (excluding diaryl/α,β-unsaturated/α-hetero) is 1. The fourth-order valence-corrected chi connectivity index (χ4v) is 2.88. The lowest BCUT2D eigenvalue weighted by atomic mass is 9.80. The van der Waals surface area contributed by atoms with Gasteiger partial charge in [0.05, 0.1) is 6.42 Å². The lowest BCUT2D eigenvalue weighted by Gasteiger charge is -2.38. The normalized spacial score (nSPS) is 20.9. The summed E-state index contributed by atoms with van der Waals surface area (Å²) < 4.78 is 5.72. The Morgan fingerprint density at radius 3 is 1.81 bits per heavy atom. The van der Waals surface area contributed by atoms with Crippen LogP contribution < -0.4 is 0 Å². The Hall–Kier alpha value is -1.94. The number of hydrogen-bond acceptors (Lipinski definition) is 3. The number of cyclic esters (lactones) is 1. The molecule has 0 aliphatic carbocycles. The first-order valence-corrected chi connectivity index (χ1v) is 7.56. The molecule has 0 bridgehead atoms. The third-order valence-corrected chi connectivity index (χ3v) is 4.55. The molecule has 1 saturated heterocycles. The first-order valence-electron chi connectivity index (χ1n) is 6.64. The molecule has 3 rings (SSSR count). The van der Waals surface area contributed by atoms with Gasteiger partial charge in [0.25, 0.3) is 0 Å². The van der Waals surface area contributed by atoms with Crippen molar-refractivity contribution in [2.75, 3.05) is 0 Å². The highest BCUT2D eigenvalue weighted by Crippen LogP contribution is 2.41. The number of ketones is 1. The van der Waals surface area contributed by atoms with E-state index in [-0.39, 0.29) is 12.2 Å². The number of ether oxygens (including phenoxy) is 1. The van der Waals surface area contributed by atoms with Gasteiger partial charge in [-0.15, -0.1) is 0 Å². The van der Waals surface area contributed by atoms with Crippen LogP contribution in [0.1, 0.15) is 17.5 Å². The minimum absolute atomic E-state index is 0.128. The zero-order valence-electron chi connectivity index (χ0n) is 11.2. The number of halogens is 1. The molecule has 3 nitrogen and oxygen atoms in total. The molecule has 1 aliphatic rings. The van der Waals surface area contributed by atoms with Crippen molar-refractivity contribution in [1.82, 2.24) is 0 Å². The fraction of sp³-hybridized carbons (Fsp3) is 0.176. The highest BCUT2D eigenvalue weighted by molar-refractivity contribution is 9.10. The van der Waals surface area contributed by atoms with Crippen LogP contribution >= 0.6 is 15.9 Å². The van der Waals surface area contributed by atoms with Gasteiger partial charge in [0.15, 0.2) is 16.2 Å². The SMILES string of the molecule is O=C1CC(c2ccccc2)(c2ccccc2)OC(=O)C1Br. The second-order valence-electron chi connectivity index (χ2n) is 4.99. The molecule has 0 aromatic heterocycles. The summed E-state index contributed by atoms with van der Waals surface area (Å²) in [5.41, 5.74) is 0.565. The highest BCUT2D eigenvalue weighted by Gasteiger charge is 2.48. The second kappa shape index (κ2) is 5.45. The maximum absolute atomic E-state index is 12.2. The molecule has 1 fully saturated rings. The first-order chi connectivity index (χ1) is 10.1. The van der Waals surface area contributed by atoms with Crippen molar-refractivity contribution >= 4 is 27.7 Å². The Kier molecular flexibility index (Phi) is 3.64. The number of rotatable bonds is 2. The lowest BCUT2D eigenvalue weighted by molar-refractivity contribution is -0.165. The van der Waals surface area contributed by atoms with Gasteiger partial charge in [-0.3, -0.25) is 9.59 Å². The fourth-order valence-electron chi connectivity index (χ4n) is 2.63. The standard InChI is InChI=1S/C17H13BrO3/c18-15-14(19)11-17(21-16(15)20,12-7-3-1-4-8-12)13-9-5-2-6-10-13/h1-10,15H,11H2. The molecule has 2 aromatic carbocycles. The minimum atomic E-state index is -1.04. The number of esters is 1. The molecule has 1 unspecified atom stereocenters. The van der Waals surface area contributed by atoms with Gasteiger partial charge in [0.2, 0.25) is 0 Å². The first kappa shape index (κ1) is 14.0. The molecule has 0 saturated carbocycles. The Morgan fingerprint density at radius 1 is 0.905 bits per heavy atom. The summed E-state index contributed by atoms with van der Waals surface area (Å²) in [7, 11) is 0. The molecule has 2 aromatic rings. The molecule has 21 heavy (non-hydrogen) atoms. The Balaban J connectivity index is 2.17. The topological polar surface area (TPSA) is 43.4 Å². The minimum Gasteiger partial charge on any atom is -0.448 e. The van der Waals surface area contributed by atoms with E-state index in [2.05, 4.69) is 15.9 Å². The quantitative estimate of drug-likeness (QED) is 0.477. The largest absolute Gasteiger partial charge is 0.448 e. The monoisotopic (exact) mass is 344 g/mol. The van der Waals surface area contributed by atoms with Crippen molar-refractivity contribution < 1.29 is 14.3 Å². The van der Waals surface area contributed by atoms with Crippen LogP contribution in [0.3, 0.4) is 0 Å². The molecular weight excluding hydrogens is 332 g/mol. The predicted molar refractivity (Wildman–Crippen MR) is 82.1 cm³/mol. The van der Waals surface area contributed by atoms with E-state index in [4.69, 9.17) is 4.74 Å². The zero-order chi connectivity index (χ0) is 14.9. The van der Waals surface area contributed by atoms with Gasteiger partial charge >= 0.3 is 5.97 Å². The number of benzene rings is 2. The average Bonchev–Trinajstić information content (AvgIpc) is 2.54. The lowest BCUT2D eigenvalue weighted by Crippen LogP contribution is -2.46. The average molecular weight is 345 g/mol. The van der Waals surface area contributed by atoms with E-state index in [1.807, 2.05) is 60.7 Å². The Bertz CT molecular complexity index is 607. The number of alkyl halides is 1. The summed E-state index contributed by atoms with van der Waals surface area (Å²) in [5.74, 6) is -0.710. The van der Waals surface area contributed by atoms with Crippen LogP contribution in [0.2, 0.25) is 0 Å². The van der Waals surface area contributed by atoms with Crippen LogP contribution in [0, 0.1) is 0 Å². The van der Waals surface area contributed by atoms with E-state index in [0.29, 0.717) is 0 Å². The van der Waals surface area contributed by atoms with E-state index in [9.17, 15) is 9.59 Å². The third kappa shape index (κ3) is 2.40. The maximum atomic E-state index is 12.2. The van der Waals surface area contributed by atoms with E-state index in [1.165, 1.54) is 0 Å². The van der Waals surface area contributed by atoms with Crippen molar-refractivity contribution in [3.05, 3.63) is 71.8 Å². The molecule has 1 aliphatic heterocycles. The summed E-state index contributed by atoms with van der Waals surface area (Å²) in [4.78, 5) is 23.4. The molecule has 0 amide bonds. The zero-order valence-corrected chi connectivity index (χ0v) is 12.7. The number of carbonyl (C=O) groups is 2. The maximum Gasteiger partial charge on any atom is 0.328 e. The summed E-state index contributed by atoms with van der Waals surface area (Å²) in [6.45, 7) is 0. The van der Waals surface area contributed by atoms with Gasteiger partial charge in [-0.2, -0.15) is 0 Å². The van der Waals surface area contributed by atoms with Crippen molar-refractivity contribution in [2.24, 2.45) is 0 Å². The van der Waals surface area contributed by atoms with Crippen molar-refractivity contribution in [3.8, 4) is 0 Å². The summed E-state index contributed by atoms with van der Waals surface area (Å²) in [5, 5.41) is 0. The molecule has 106 valence electrons. The van der Waals surface area contributed by atoms with Gasteiger partial charge in [-0.25, -0.2) is 0 Å². The van der Waals surface area contributed by atoms with Crippen LogP contribution in [-0.2, 0) is 19.9 Å². The van der Waals surface area contributed by atoms with Crippen LogP contribution in [-0.4, -0.2) is 16.6 Å². The Morgan fingerprint density at radius 2 is 1.38 bits per heavy atom. The van der Waals surface area contributed by atoms with Crippen molar-refractivity contribution in [2.45, 2.75) is 16.8 Å². The number of carbonyl (C=O) groups excluding carboxylic acids is 2. The second-order valence-corrected chi connectivity index (χ2v) is 5.90. The van der Waals surface area contributed by atoms with Crippen LogP contribution in [0.15, 0.2) is 60.7 Å². The van der Waals surface area contributed by atoms with Gasteiger partial charge in [0.1, 0.15) is 0 Å². The third-order valence-electron chi connectivity index (χ3n) is 3.67. The summed E-state index contributed by atoms with van der Waals surface area (Å²) in [6.07, 6.45) is 0.128. The number of hydrogen-bond donors (Lipinski definition) is 0. The summed E-state index contributed by atoms with van der Waals surface area (Å²) in [6, 6.07) is 18.8. The van der Waals surface area contributed by atoms with Gasteiger partial charge in [0, 0.05) is 11.1 Å². The molecular formula is C17H13BrO3. The smallest absolute Gasteiger partial charge is 0.328 e. The van der Waals surface area contributed by atoms with Gasteiger partial charge in [-0.05, 0) is 0 Å². The van der Waals surface area contributed by atoms with Crippen molar-refractivity contribution in [3.63, 3.8) is 0 Å². The van der Waals surface area contributed by atoms with E-state index >= 15 is 0 Å². The van der Waals surface area contributed by atoms with Crippen LogP contribution in [0.25, 0.3) is 0 Å². The van der Waals surface area contributed by atoms with Crippen LogP contribution in [0.5, 0.6) is 0 Å². The summed E-state index contributed by atoms with van der Waals surface area (Å²) >= 11 is 3.09. The van der Waals surface area contributed by atoms with E-state index in [0.717, 1.165) is 11.1 Å². The highest BCUT2D eigenvalue weighted by atomic mass is 79.9. The van der Waals surface area contributed by atoms with E-state index < -0.39 is 16.4 Å². The van der Waals surface area contributed by atoms with Gasteiger partial charge in [-0.1, -0.05) is 76.6 Å². The molecule has 4 heteroatoms. The Labute approximate surface area is 131 Å². The molecule has 1 heterocycles. The van der Waals surface area contributed by atoms with Crippen molar-refractivity contribution in [1.29, 1.82) is 0 Å². The van der Waals surface area contributed by atoms with Crippen LogP contribution in [0.4, 0.5) is 0 Å². The van der Waals surface area contributed by atoms with Gasteiger partial charge < -0.3 is 4.74 Å². The molecule has 0 spiro atoms. The van der Waals surface area contributed by atoms with E-state index in [1.54, 1.807) is 0 Å². The predicted octanol–water partition coefficient (Wildman–Crippen LogP) is 3.21. The molecule has 1 atom stereocenters. The molecule has 0 radical (unpaired) electrons.